The summed E-state index contributed by atoms with van der Waals surface area (Å²) in [4.78, 5) is 22.8. The van der Waals surface area contributed by atoms with E-state index < -0.39 is 11.9 Å². The highest BCUT2D eigenvalue weighted by Gasteiger charge is 2.17. The van der Waals surface area contributed by atoms with Crippen LogP contribution in [0.1, 0.15) is 17.3 Å². The third-order valence-corrected chi connectivity index (χ3v) is 2.94. The fourth-order valence-corrected chi connectivity index (χ4v) is 1.71. The number of carbonyl (C=O) groups excluding carboxylic acids is 1. The molecule has 0 saturated carbocycles. The molecule has 0 bridgehead atoms. The maximum atomic E-state index is 12.1. The zero-order valence-electron chi connectivity index (χ0n) is 11.0. The summed E-state index contributed by atoms with van der Waals surface area (Å²) in [7, 11) is 0. The fraction of sp³-hybridized carbons (Fsp3) is 0.214. The number of nitrogens with one attached hydrogen (secondary N) is 2. The fourth-order valence-electron chi connectivity index (χ4n) is 1.71. The van der Waals surface area contributed by atoms with E-state index in [1.54, 1.807) is 0 Å². The topological polar surface area (TPSA) is 95.1 Å². The van der Waals surface area contributed by atoms with Crippen molar-refractivity contribution < 1.29 is 14.7 Å². The van der Waals surface area contributed by atoms with E-state index in [4.69, 9.17) is 5.11 Å². The second-order valence-electron chi connectivity index (χ2n) is 4.47. The van der Waals surface area contributed by atoms with Gasteiger partial charge in [-0.3, -0.25) is 14.7 Å². The highest BCUT2D eigenvalue weighted by molar-refractivity contribution is 5.99. The number of H-pyrrole nitrogens is 1. The highest BCUT2D eigenvalue weighted by atomic mass is 16.4. The molecule has 2 rings (SSSR count). The van der Waals surface area contributed by atoms with Crippen molar-refractivity contribution in [3.8, 4) is 11.3 Å². The maximum absolute atomic E-state index is 12.1. The quantitative estimate of drug-likeness (QED) is 0.769. The van der Waals surface area contributed by atoms with Crippen molar-refractivity contribution in [1.29, 1.82) is 0 Å². The van der Waals surface area contributed by atoms with Crippen LogP contribution in [-0.4, -0.2) is 33.7 Å². The van der Waals surface area contributed by atoms with E-state index in [0.29, 0.717) is 11.3 Å². The summed E-state index contributed by atoms with van der Waals surface area (Å²) in [5.41, 5.74) is 1.86. The summed E-state index contributed by atoms with van der Waals surface area (Å²) in [6, 6.07) is 9.34. The summed E-state index contributed by atoms with van der Waals surface area (Å²) in [5, 5.41) is 18.1. The molecule has 1 amide bonds. The second-order valence-corrected chi connectivity index (χ2v) is 4.47. The summed E-state index contributed by atoms with van der Waals surface area (Å²) >= 11 is 0. The lowest BCUT2D eigenvalue weighted by Gasteiger charge is -2.08. The number of aromatic nitrogens is 2. The lowest BCUT2D eigenvalue weighted by atomic mass is 10.1. The molecular formula is C14H15N3O3. The van der Waals surface area contributed by atoms with Crippen molar-refractivity contribution >= 4 is 11.9 Å². The molecule has 3 N–H and O–H groups in total. The maximum Gasteiger partial charge on any atom is 0.308 e. The number of benzene rings is 1. The lowest BCUT2D eigenvalue weighted by Crippen LogP contribution is -2.31. The normalized spacial score (nSPS) is 11.8. The summed E-state index contributed by atoms with van der Waals surface area (Å²) in [6.07, 6.45) is 1.43. The number of carbonyl (C=O) groups is 2. The molecule has 0 aliphatic heterocycles. The first-order valence-corrected chi connectivity index (χ1v) is 6.19. The van der Waals surface area contributed by atoms with Crippen LogP contribution in [0.5, 0.6) is 0 Å². The Bertz CT molecular complexity index is 607. The van der Waals surface area contributed by atoms with Crippen LogP contribution in [0.25, 0.3) is 11.3 Å². The van der Waals surface area contributed by atoms with Gasteiger partial charge in [0.15, 0.2) is 0 Å². The molecule has 0 spiro atoms. The number of carboxylic acid groups (broad SMARTS) is 1. The number of nitrogens with zero attached hydrogens (tertiary/aromatic N) is 1. The molecule has 0 aliphatic carbocycles. The molecule has 0 saturated heterocycles. The molecule has 1 unspecified atom stereocenters. The van der Waals surface area contributed by atoms with E-state index in [9.17, 15) is 9.59 Å². The van der Waals surface area contributed by atoms with Gasteiger partial charge < -0.3 is 10.4 Å². The van der Waals surface area contributed by atoms with E-state index in [1.807, 2.05) is 30.3 Å². The van der Waals surface area contributed by atoms with Crippen LogP contribution in [0.3, 0.4) is 0 Å². The SMILES string of the molecule is CC(CNC(=O)c1cn[nH]c1-c1ccccc1)C(=O)O. The van der Waals surface area contributed by atoms with Crippen LogP contribution >= 0.6 is 0 Å². The largest absolute Gasteiger partial charge is 0.481 e. The summed E-state index contributed by atoms with van der Waals surface area (Å²) in [6.45, 7) is 1.61. The Labute approximate surface area is 115 Å². The molecule has 1 aromatic heterocycles. The van der Waals surface area contributed by atoms with Crippen molar-refractivity contribution in [3.05, 3.63) is 42.1 Å². The molecule has 0 fully saturated rings. The number of hydrogen-bond acceptors (Lipinski definition) is 3. The van der Waals surface area contributed by atoms with Gasteiger partial charge >= 0.3 is 5.97 Å². The molecule has 0 aliphatic rings. The predicted molar refractivity (Wildman–Crippen MR) is 73.2 cm³/mol. The Kier molecular flexibility index (Phi) is 4.14. The summed E-state index contributed by atoms with van der Waals surface area (Å²) in [5.74, 6) is -1.92. The van der Waals surface area contributed by atoms with Crippen molar-refractivity contribution in [1.82, 2.24) is 15.5 Å². The van der Waals surface area contributed by atoms with Crippen LogP contribution in [0.15, 0.2) is 36.5 Å². The third kappa shape index (κ3) is 3.03. The second kappa shape index (κ2) is 6.01. The molecule has 1 aromatic carbocycles. The van der Waals surface area contributed by atoms with Crippen LogP contribution in [-0.2, 0) is 4.79 Å². The van der Waals surface area contributed by atoms with E-state index >= 15 is 0 Å². The van der Waals surface area contributed by atoms with E-state index in [-0.39, 0.29) is 12.5 Å². The zero-order chi connectivity index (χ0) is 14.5. The first kappa shape index (κ1) is 13.8. The van der Waals surface area contributed by atoms with Crippen molar-refractivity contribution in [2.24, 2.45) is 5.92 Å². The number of carboxylic acids is 1. The van der Waals surface area contributed by atoms with Crippen LogP contribution in [0.2, 0.25) is 0 Å². The molecule has 1 atom stereocenters. The van der Waals surface area contributed by atoms with Gasteiger partial charge in [-0.25, -0.2) is 0 Å². The third-order valence-electron chi connectivity index (χ3n) is 2.94. The minimum absolute atomic E-state index is 0.0770. The lowest BCUT2D eigenvalue weighted by molar-refractivity contribution is -0.140. The number of rotatable bonds is 5. The molecule has 2 aromatic rings. The van der Waals surface area contributed by atoms with Crippen molar-refractivity contribution in [3.63, 3.8) is 0 Å². The minimum atomic E-state index is -0.944. The predicted octanol–water partition coefficient (Wildman–Crippen LogP) is 1.53. The van der Waals surface area contributed by atoms with Gasteiger partial charge in [-0.15, -0.1) is 0 Å². The van der Waals surface area contributed by atoms with Crippen LogP contribution < -0.4 is 5.32 Å². The number of aromatic amines is 1. The van der Waals surface area contributed by atoms with E-state index in [0.717, 1.165) is 5.56 Å². The van der Waals surface area contributed by atoms with Crippen molar-refractivity contribution in [2.75, 3.05) is 6.54 Å². The highest BCUT2D eigenvalue weighted by Crippen LogP contribution is 2.20. The first-order chi connectivity index (χ1) is 9.59. The first-order valence-electron chi connectivity index (χ1n) is 6.19. The van der Waals surface area contributed by atoms with Gasteiger partial charge in [0, 0.05) is 12.1 Å². The monoisotopic (exact) mass is 273 g/mol. The van der Waals surface area contributed by atoms with Gasteiger partial charge in [-0.2, -0.15) is 5.10 Å². The Morgan fingerprint density at radius 1 is 1.35 bits per heavy atom. The number of aliphatic carboxylic acids is 1. The number of hydrogen-bond donors (Lipinski definition) is 3. The molecule has 1 heterocycles. The molecule has 0 radical (unpaired) electrons. The average molecular weight is 273 g/mol. The molecule has 104 valence electrons. The van der Waals surface area contributed by atoms with Gasteiger partial charge in [0.05, 0.1) is 23.4 Å². The summed E-state index contributed by atoms with van der Waals surface area (Å²) < 4.78 is 0. The van der Waals surface area contributed by atoms with Gasteiger partial charge in [0.25, 0.3) is 5.91 Å². The molecular weight excluding hydrogens is 258 g/mol. The minimum Gasteiger partial charge on any atom is -0.481 e. The van der Waals surface area contributed by atoms with Gasteiger partial charge in [-0.1, -0.05) is 37.3 Å². The molecule has 6 nitrogen and oxygen atoms in total. The Morgan fingerprint density at radius 2 is 2.05 bits per heavy atom. The van der Waals surface area contributed by atoms with E-state index in [1.165, 1.54) is 13.1 Å². The zero-order valence-corrected chi connectivity index (χ0v) is 11.0. The Hall–Kier alpha value is -2.63. The average Bonchev–Trinajstić information content (AvgIpc) is 2.94. The van der Waals surface area contributed by atoms with Crippen molar-refractivity contribution in [2.45, 2.75) is 6.92 Å². The van der Waals surface area contributed by atoms with Crippen LogP contribution in [0, 0.1) is 5.92 Å². The van der Waals surface area contributed by atoms with Gasteiger partial charge in [0.2, 0.25) is 0 Å². The standard InChI is InChI=1S/C14H15N3O3/c1-9(14(19)20)7-15-13(18)11-8-16-17-12(11)10-5-3-2-4-6-10/h2-6,8-9H,7H2,1H3,(H,15,18)(H,16,17)(H,19,20). The Morgan fingerprint density at radius 3 is 2.70 bits per heavy atom. The number of amides is 1. The van der Waals surface area contributed by atoms with Crippen LogP contribution in [0.4, 0.5) is 0 Å². The Balaban J connectivity index is 2.12. The molecule has 6 heteroatoms. The van der Waals surface area contributed by atoms with Gasteiger partial charge in [0.1, 0.15) is 0 Å². The smallest absolute Gasteiger partial charge is 0.308 e. The van der Waals surface area contributed by atoms with E-state index in [2.05, 4.69) is 15.5 Å². The molecule has 20 heavy (non-hydrogen) atoms. The van der Waals surface area contributed by atoms with Gasteiger partial charge in [-0.05, 0) is 0 Å².